The summed E-state index contributed by atoms with van der Waals surface area (Å²) in [5, 5.41) is 4.97. The molecule has 1 aliphatic rings. The summed E-state index contributed by atoms with van der Waals surface area (Å²) < 4.78 is 42.5. The molecule has 1 saturated heterocycles. The van der Waals surface area contributed by atoms with Gasteiger partial charge in [-0.15, -0.1) is 0 Å². The molecule has 1 N–H and O–H groups in total. The Labute approximate surface area is 270 Å². The first-order valence-electron chi connectivity index (χ1n) is 15.3. The highest BCUT2D eigenvalue weighted by Crippen LogP contribution is 2.38. The van der Waals surface area contributed by atoms with Gasteiger partial charge in [0.2, 0.25) is 11.8 Å². The molecule has 1 atom stereocenters. The summed E-state index contributed by atoms with van der Waals surface area (Å²) >= 11 is 0. The van der Waals surface area contributed by atoms with Crippen molar-refractivity contribution in [1.82, 2.24) is 19.9 Å². The Morgan fingerprint density at radius 2 is 1.87 bits per heavy atom. The van der Waals surface area contributed by atoms with Crippen molar-refractivity contribution in [3.63, 3.8) is 0 Å². The van der Waals surface area contributed by atoms with Gasteiger partial charge in [0.25, 0.3) is 0 Å². The number of aromatic nitrogens is 3. The lowest BCUT2D eigenvalue weighted by atomic mass is 10.0. The molecule has 5 rings (SSSR count). The number of carbonyl (C=O) groups excluding carboxylic acids is 1. The molecule has 0 radical (unpaired) electrons. The minimum Gasteiger partial charge on any atom is -0.444 e. The van der Waals surface area contributed by atoms with Gasteiger partial charge < -0.3 is 24.4 Å². The number of rotatable bonds is 10. The summed E-state index contributed by atoms with van der Waals surface area (Å²) in [5.74, 6) is 1.23. The molecular weight excluding hydrogens is 606 g/mol. The first-order valence-corrected chi connectivity index (χ1v) is 17.2. The lowest BCUT2D eigenvalue weighted by Crippen LogP contribution is -2.47. The molecule has 2 aromatic carbocycles. The number of carbonyl (C=O) groups is 1. The zero-order valence-electron chi connectivity index (χ0n) is 26.9. The largest absolute Gasteiger partial charge is 0.444 e. The van der Waals surface area contributed by atoms with E-state index in [2.05, 4.69) is 15.3 Å². The van der Waals surface area contributed by atoms with Crippen LogP contribution in [0.1, 0.15) is 44.7 Å². The van der Waals surface area contributed by atoms with Crippen molar-refractivity contribution in [1.29, 1.82) is 0 Å². The molecule has 0 saturated carbocycles. The predicted molar refractivity (Wildman–Crippen MR) is 178 cm³/mol. The fourth-order valence-electron chi connectivity index (χ4n) is 5.40. The number of likely N-dealkylation sites (tertiary alicyclic amines) is 1. The van der Waals surface area contributed by atoms with Crippen LogP contribution >= 0.6 is 0 Å². The second kappa shape index (κ2) is 14.0. The summed E-state index contributed by atoms with van der Waals surface area (Å²) in [7, 11) is -1.88. The van der Waals surface area contributed by atoms with Gasteiger partial charge in [-0.25, -0.2) is 28.2 Å². The number of pyridine rings is 1. The SMILES string of the molecule is COCCS(=O)(=O)Cc1cccc2c(Oc3ncccc3-c3ccnc(N[C@H]4CCCN(C(=O)OC(C)(C)C)C4)n3)c(C)ccc12. The highest BCUT2D eigenvalue weighted by Gasteiger charge is 2.28. The Hall–Kier alpha value is -4.29. The van der Waals surface area contributed by atoms with Crippen LogP contribution in [-0.4, -0.2) is 78.6 Å². The normalized spacial score (nSPS) is 15.5. The first kappa shape index (κ1) is 33.1. The molecule has 0 spiro atoms. The smallest absolute Gasteiger partial charge is 0.410 e. The van der Waals surface area contributed by atoms with Crippen LogP contribution in [0.25, 0.3) is 22.0 Å². The van der Waals surface area contributed by atoms with Gasteiger partial charge in [0.1, 0.15) is 11.4 Å². The summed E-state index contributed by atoms with van der Waals surface area (Å²) in [6.07, 6.45) is 4.71. The van der Waals surface area contributed by atoms with E-state index in [4.69, 9.17) is 19.2 Å². The number of anilines is 1. The first-order chi connectivity index (χ1) is 21.9. The number of ether oxygens (including phenoxy) is 3. The van der Waals surface area contributed by atoms with Crippen LogP contribution < -0.4 is 10.1 Å². The molecule has 1 amide bonds. The van der Waals surface area contributed by atoms with Crippen LogP contribution in [-0.2, 0) is 25.1 Å². The Morgan fingerprint density at radius 3 is 2.65 bits per heavy atom. The van der Waals surface area contributed by atoms with Gasteiger partial charge in [0.15, 0.2) is 9.84 Å². The minimum atomic E-state index is -3.37. The van der Waals surface area contributed by atoms with E-state index in [0.29, 0.717) is 47.5 Å². The molecule has 244 valence electrons. The Kier molecular flexibility index (Phi) is 10.1. The maximum Gasteiger partial charge on any atom is 0.410 e. The topological polar surface area (TPSA) is 133 Å². The molecule has 46 heavy (non-hydrogen) atoms. The third kappa shape index (κ3) is 8.29. The zero-order chi connectivity index (χ0) is 32.9. The van der Waals surface area contributed by atoms with E-state index < -0.39 is 15.4 Å². The number of sulfone groups is 1. The number of nitrogens with zero attached hydrogens (tertiary/aromatic N) is 4. The average Bonchev–Trinajstić information content (AvgIpc) is 3.01. The van der Waals surface area contributed by atoms with Gasteiger partial charge in [-0.1, -0.05) is 30.3 Å². The second-order valence-corrected chi connectivity index (χ2v) is 14.6. The van der Waals surface area contributed by atoms with E-state index in [1.165, 1.54) is 7.11 Å². The van der Waals surface area contributed by atoms with Crippen LogP contribution in [0.5, 0.6) is 11.6 Å². The molecule has 12 heteroatoms. The Balaban J connectivity index is 1.39. The number of aryl methyl sites for hydroxylation is 1. The predicted octanol–water partition coefficient (Wildman–Crippen LogP) is 6.17. The third-order valence-electron chi connectivity index (χ3n) is 7.58. The lowest BCUT2D eigenvalue weighted by molar-refractivity contribution is 0.0206. The van der Waals surface area contributed by atoms with Gasteiger partial charge in [0.05, 0.1) is 29.4 Å². The third-order valence-corrected chi connectivity index (χ3v) is 9.12. The van der Waals surface area contributed by atoms with E-state index in [1.54, 1.807) is 23.4 Å². The van der Waals surface area contributed by atoms with E-state index >= 15 is 0 Å². The second-order valence-electron chi connectivity index (χ2n) is 12.4. The van der Waals surface area contributed by atoms with E-state index in [0.717, 1.165) is 29.2 Å². The van der Waals surface area contributed by atoms with Crippen molar-refractivity contribution in [2.75, 3.05) is 37.9 Å². The van der Waals surface area contributed by atoms with Gasteiger partial charge in [-0.2, -0.15) is 0 Å². The number of nitrogens with one attached hydrogen (secondary N) is 1. The molecule has 0 bridgehead atoms. The van der Waals surface area contributed by atoms with Crippen LogP contribution in [0.4, 0.5) is 10.7 Å². The molecule has 0 unspecified atom stereocenters. The average molecular weight is 648 g/mol. The van der Waals surface area contributed by atoms with E-state index in [9.17, 15) is 13.2 Å². The molecule has 1 aliphatic heterocycles. The van der Waals surface area contributed by atoms with Crippen molar-refractivity contribution in [2.45, 2.75) is 57.9 Å². The molecule has 4 aromatic rings. The highest BCUT2D eigenvalue weighted by molar-refractivity contribution is 7.90. The highest BCUT2D eigenvalue weighted by atomic mass is 32.2. The van der Waals surface area contributed by atoms with E-state index in [-0.39, 0.29) is 30.2 Å². The number of methoxy groups -OCH3 is 1. The number of fused-ring (bicyclic) bond motifs is 1. The Morgan fingerprint density at radius 1 is 1.04 bits per heavy atom. The minimum absolute atomic E-state index is 0.0352. The van der Waals surface area contributed by atoms with Gasteiger partial charge in [-0.05, 0) is 75.2 Å². The standard InChI is InChI=1S/C34H41N5O6S/c1-23-13-14-26-24(22-46(41,42)20-19-43-5)9-6-11-27(26)30(23)44-31-28(12-7-16-35-31)29-15-17-36-32(38-29)37-25-10-8-18-39(21-25)33(40)45-34(2,3)4/h6-7,9,11-17,25H,8,10,18-22H2,1-5H3,(H,36,37,38)/t25-/m0/s1. The van der Waals surface area contributed by atoms with Crippen LogP contribution in [0.15, 0.2) is 60.9 Å². The maximum absolute atomic E-state index is 12.7. The lowest BCUT2D eigenvalue weighted by Gasteiger charge is -2.34. The van der Waals surface area contributed by atoms with Gasteiger partial charge in [-0.3, -0.25) is 0 Å². The fourth-order valence-corrected chi connectivity index (χ4v) is 6.69. The maximum atomic E-state index is 12.7. The van der Waals surface area contributed by atoms with Crippen molar-refractivity contribution in [3.05, 3.63) is 72.1 Å². The van der Waals surface area contributed by atoms with Crippen molar-refractivity contribution in [3.8, 4) is 22.9 Å². The molecule has 3 heterocycles. The van der Waals surface area contributed by atoms with Gasteiger partial charge in [0, 0.05) is 44.0 Å². The quantitative estimate of drug-likeness (QED) is 0.213. The number of piperidine rings is 1. The van der Waals surface area contributed by atoms with Crippen LogP contribution in [0.3, 0.4) is 0 Å². The number of hydrogen-bond acceptors (Lipinski definition) is 10. The number of hydrogen-bond donors (Lipinski definition) is 1. The van der Waals surface area contributed by atoms with Crippen molar-refractivity contribution in [2.24, 2.45) is 0 Å². The molecular formula is C34H41N5O6S. The zero-order valence-corrected chi connectivity index (χ0v) is 27.8. The monoisotopic (exact) mass is 647 g/mol. The van der Waals surface area contributed by atoms with Crippen LogP contribution in [0, 0.1) is 6.92 Å². The number of amides is 1. The van der Waals surface area contributed by atoms with Crippen LogP contribution in [0.2, 0.25) is 0 Å². The summed E-state index contributed by atoms with van der Waals surface area (Å²) in [6.45, 7) is 8.79. The molecule has 1 fully saturated rings. The summed E-state index contributed by atoms with van der Waals surface area (Å²) in [4.78, 5) is 28.1. The molecule has 2 aromatic heterocycles. The fraction of sp³-hybridized carbons (Fsp3) is 0.412. The summed E-state index contributed by atoms with van der Waals surface area (Å²) in [6, 6.07) is 14.9. The van der Waals surface area contributed by atoms with E-state index in [1.807, 2.05) is 70.2 Å². The van der Waals surface area contributed by atoms with Crippen molar-refractivity contribution >= 4 is 32.7 Å². The molecule has 0 aliphatic carbocycles. The Bertz CT molecular complexity index is 1810. The van der Waals surface area contributed by atoms with Gasteiger partial charge >= 0.3 is 6.09 Å². The summed E-state index contributed by atoms with van der Waals surface area (Å²) in [5.41, 5.74) is 2.29. The van der Waals surface area contributed by atoms with Crippen molar-refractivity contribution < 1.29 is 27.4 Å². The molecule has 11 nitrogen and oxygen atoms in total. The number of benzene rings is 2.